The molecule has 1 amide bonds. The fourth-order valence-corrected chi connectivity index (χ4v) is 5.03. The summed E-state index contributed by atoms with van der Waals surface area (Å²) in [5.41, 5.74) is 2.92. The van der Waals surface area contributed by atoms with Gasteiger partial charge < -0.3 is 4.90 Å². The lowest BCUT2D eigenvalue weighted by Crippen LogP contribution is -2.35. The summed E-state index contributed by atoms with van der Waals surface area (Å²) in [5.74, 6) is -0.154. The molecule has 0 aromatic heterocycles. The largest absolute Gasteiger partial charge is 0.308 e. The van der Waals surface area contributed by atoms with E-state index in [0.717, 1.165) is 24.1 Å². The number of sulfonamides is 1. The van der Waals surface area contributed by atoms with E-state index in [0.29, 0.717) is 22.8 Å². The Balaban J connectivity index is 1.59. The average molecular weight is 441 g/mol. The quantitative estimate of drug-likeness (QED) is 0.587. The standard InChI is InChI=1S/C23H21ClN2O3S/c1-25(20-7-3-2-4-8-20)30(28,29)21-12-9-17(10-13-21)23(27)26-15-5-6-18-16-19(24)11-14-22(18)26/h2-4,7-14,16H,5-6,15H2,1H3. The molecule has 0 fully saturated rings. The van der Waals surface area contributed by atoms with Crippen LogP contribution in [-0.4, -0.2) is 27.9 Å². The third-order valence-corrected chi connectivity index (χ3v) is 7.32. The smallest absolute Gasteiger partial charge is 0.264 e. The number of benzene rings is 3. The topological polar surface area (TPSA) is 57.7 Å². The van der Waals surface area contributed by atoms with Crippen LogP contribution in [0.2, 0.25) is 5.02 Å². The molecule has 0 aliphatic carbocycles. The SMILES string of the molecule is CN(c1ccccc1)S(=O)(=O)c1ccc(C(=O)N2CCCc3cc(Cl)ccc32)cc1. The first-order valence-corrected chi connectivity index (χ1v) is 11.4. The number of hydrogen-bond acceptors (Lipinski definition) is 3. The van der Waals surface area contributed by atoms with Crippen molar-refractivity contribution in [1.82, 2.24) is 0 Å². The van der Waals surface area contributed by atoms with Crippen LogP contribution < -0.4 is 9.21 Å². The highest BCUT2D eigenvalue weighted by molar-refractivity contribution is 7.92. The van der Waals surface area contributed by atoms with E-state index in [1.807, 2.05) is 18.2 Å². The van der Waals surface area contributed by atoms with Gasteiger partial charge >= 0.3 is 0 Å². The Morgan fingerprint density at radius 1 is 1.00 bits per heavy atom. The number of anilines is 2. The lowest BCUT2D eigenvalue weighted by molar-refractivity contribution is 0.0985. The minimum atomic E-state index is -3.72. The first kappa shape index (κ1) is 20.4. The maximum Gasteiger partial charge on any atom is 0.264 e. The van der Waals surface area contributed by atoms with Gasteiger partial charge in [-0.1, -0.05) is 29.8 Å². The number of halogens is 1. The summed E-state index contributed by atoms with van der Waals surface area (Å²) in [6, 6.07) is 20.5. The molecule has 5 nitrogen and oxygen atoms in total. The molecule has 154 valence electrons. The number of fused-ring (bicyclic) bond motifs is 1. The molecular weight excluding hydrogens is 420 g/mol. The van der Waals surface area contributed by atoms with Crippen molar-refractivity contribution in [3.63, 3.8) is 0 Å². The molecule has 3 aromatic carbocycles. The Kier molecular flexibility index (Phi) is 5.54. The van der Waals surface area contributed by atoms with Crippen molar-refractivity contribution in [3.8, 4) is 0 Å². The van der Waals surface area contributed by atoms with Gasteiger partial charge in [0.25, 0.3) is 15.9 Å². The van der Waals surface area contributed by atoms with Crippen molar-refractivity contribution in [2.24, 2.45) is 0 Å². The number of hydrogen-bond donors (Lipinski definition) is 0. The van der Waals surface area contributed by atoms with Gasteiger partial charge in [0.15, 0.2) is 0 Å². The number of amides is 1. The lowest BCUT2D eigenvalue weighted by atomic mass is 10.0. The van der Waals surface area contributed by atoms with E-state index in [2.05, 4.69) is 0 Å². The molecule has 0 saturated carbocycles. The summed E-state index contributed by atoms with van der Waals surface area (Å²) < 4.78 is 27.1. The molecule has 1 heterocycles. The molecule has 1 aliphatic heterocycles. The van der Waals surface area contributed by atoms with E-state index in [9.17, 15) is 13.2 Å². The van der Waals surface area contributed by atoms with Crippen LogP contribution in [-0.2, 0) is 16.4 Å². The monoisotopic (exact) mass is 440 g/mol. The van der Waals surface area contributed by atoms with Gasteiger partial charge in [0.2, 0.25) is 0 Å². The van der Waals surface area contributed by atoms with Gasteiger partial charge in [0, 0.05) is 29.9 Å². The second-order valence-electron chi connectivity index (χ2n) is 7.17. The van der Waals surface area contributed by atoms with Gasteiger partial charge in [-0.3, -0.25) is 9.10 Å². The zero-order chi connectivity index (χ0) is 21.3. The van der Waals surface area contributed by atoms with Crippen LogP contribution in [0.1, 0.15) is 22.3 Å². The number of aryl methyl sites for hydroxylation is 1. The van der Waals surface area contributed by atoms with Crippen molar-refractivity contribution < 1.29 is 13.2 Å². The minimum Gasteiger partial charge on any atom is -0.308 e. The summed E-state index contributed by atoms with van der Waals surface area (Å²) in [6.07, 6.45) is 1.73. The molecule has 0 bridgehead atoms. The Hall–Kier alpha value is -2.83. The summed E-state index contributed by atoms with van der Waals surface area (Å²) in [7, 11) is -2.21. The highest BCUT2D eigenvalue weighted by Gasteiger charge is 2.25. The van der Waals surface area contributed by atoms with Gasteiger partial charge in [-0.15, -0.1) is 0 Å². The van der Waals surface area contributed by atoms with E-state index in [1.54, 1.807) is 47.4 Å². The van der Waals surface area contributed by atoms with Gasteiger partial charge in [-0.25, -0.2) is 8.42 Å². The van der Waals surface area contributed by atoms with Crippen molar-refractivity contribution in [2.45, 2.75) is 17.7 Å². The maximum absolute atomic E-state index is 13.1. The van der Waals surface area contributed by atoms with Crippen LogP contribution in [0, 0.1) is 0 Å². The predicted molar refractivity (Wildman–Crippen MR) is 120 cm³/mol. The molecule has 3 aromatic rings. The molecule has 4 rings (SSSR count). The van der Waals surface area contributed by atoms with Crippen LogP contribution in [0.25, 0.3) is 0 Å². The summed E-state index contributed by atoms with van der Waals surface area (Å²) in [4.78, 5) is 15.0. The number of nitrogens with zero attached hydrogens (tertiary/aromatic N) is 2. The first-order valence-electron chi connectivity index (χ1n) is 9.62. The molecular formula is C23H21ClN2O3S. The van der Waals surface area contributed by atoms with Gasteiger partial charge in [0.1, 0.15) is 0 Å². The number of carbonyl (C=O) groups excluding carboxylic acids is 1. The second-order valence-corrected chi connectivity index (χ2v) is 9.57. The molecule has 1 aliphatic rings. The Morgan fingerprint density at radius 2 is 1.70 bits per heavy atom. The Morgan fingerprint density at radius 3 is 2.40 bits per heavy atom. The highest BCUT2D eigenvalue weighted by atomic mass is 35.5. The molecule has 0 atom stereocenters. The summed E-state index contributed by atoms with van der Waals surface area (Å²) in [5, 5.41) is 0.653. The number of para-hydroxylation sites is 1. The Bertz CT molecular complexity index is 1180. The number of rotatable bonds is 4. The lowest BCUT2D eigenvalue weighted by Gasteiger charge is -2.29. The van der Waals surface area contributed by atoms with Crippen molar-refractivity contribution in [3.05, 3.63) is 88.9 Å². The van der Waals surface area contributed by atoms with E-state index in [4.69, 9.17) is 11.6 Å². The van der Waals surface area contributed by atoms with Crippen LogP contribution in [0.5, 0.6) is 0 Å². The molecule has 0 spiro atoms. The fourth-order valence-electron chi connectivity index (χ4n) is 3.64. The van der Waals surface area contributed by atoms with Crippen LogP contribution in [0.3, 0.4) is 0 Å². The van der Waals surface area contributed by atoms with E-state index in [1.165, 1.54) is 23.5 Å². The highest BCUT2D eigenvalue weighted by Crippen LogP contribution is 2.31. The van der Waals surface area contributed by atoms with Gasteiger partial charge in [-0.2, -0.15) is 0 Å². The molecule has 0 radical (unpaired) electrons. The van der Waals surface area contributed by atoms with Gasteiger partial charge in [-0.05, 0) is 73.0 Å². The molecule has 0 unspecified atom stereocenters. The third kappa shape index (κ3) is 3.80. The molecule has 30 heavy (non-hydrogen) atoms. The van der Waals surface area contributed by atoms with Crippen molar-refractivity contribution in [2.75, 3.05) is 22.8 Å². The van der Waals surface area contributed by atoms with E-state index < -0.39 is 10.0 Å². The summed E-state index contributed by atoms with van der Waals surface area (Å²) >= 11 is 6.09. The van der Waals surface area contributed by atoms with E-state index >= 15 is 0 Å². The van der Waals surface area contributed by atoms with Crippen LogP contribution >= 0.6 is 11.6 Å². The Labute approximate surface area is 181 Å². The van der Waals surface area contributed by atoms with Crippen molar-refractivity contribution in [1.29, 1.82) is 0 Å². The van der Waals surface area contributed by atoms with E-state index in [-0.39, 0.29) is 10.8 Å². The first-order chi connectivity index (χ1) is 14.4. The minimum absolute atomic E-state index is 0.135. The molecule has 0 N–H and O–H groups in total. The van der Waals surface area contributed by atoms with Crippen LogP contribution in [0.4, 0.5) is 11.4 Å². The normalized spacial score (nSPS) is 13.6. The fraction of sp³-hybridized carbons (Fsp3) is 0.174. The van der Waals surface area contributed by atoms with Gasteiger partial charge in [0.05, 0.1) is 10.6 Å². The molecule has 7 heteroatoms. The second kappa shape index (κ2) is 8.13. The number of carbonyl (C=O) groups is 1. The molecule has 0 saturated heterocycles. The zero-order valence-corrected chi connectivity index (χ0v) is 18.0. The summed E-state index contributed by atoms with van der Waals surface area (Å²) in [6.45, 7) is 0.615. The maximum atomic E-state index is 13.1. The van der Waals surface area contributed by atoms with Crippen LogP contribution in [0.15, 0.2) is 77.7 Å². The zero-order valence-electron chi connectivity index (χ0n) is 16.5. The van der Waals surface area contributed by atoms with Crippen molar-refractivity contribution >= 4 is 38.9 Å². The average Bonchev–Trinajstić information content (AvgIpc) is 2.78. The predicted octanol–water partition coefficient (Wildman–Crippen LogP) is 4.76. The third-order valence-electron chi connectivity index (χ3n) is 5.28.